The maximum atomic E-state index is 13.6. The minimum Gasteiger partial charge on any atom is -0.384 e. The van der Waals surface area contributed by atoms with E-state index in [-0.39, 0.29) is 11.4 Å². The van der Waals surface area contributed by atoms with Gasteiger partial charge in [0.05, 0.1) is 5.56 Å². The van der Waals surface area contributed by atoms with Gasteiger partial charge in [0.15, 0.2) is 23.3 Å². The van der Waals surface area contributed by atoms with Gasteiger partial charge in [0.25, 0.3) is 0 Å². The molecule has 2 rings (SSSR count). The van der Waals surface area contributed by atoms with E-state index in [0.717, 1.165) is 6.07 Å². The third-order valence-corrected chi connectivity index (χ3v) is 2.47. The van der Waals surface area contributed by atoms with Crippen LogP contribution in [0.2, 0.25) is 0 Å². The van der Waals surface area contributed by atoms with Crippen molar-refractivity contribution in [3.05, 3.63) is 46.9 Å². The Hall–Kier alpha value is -2.18. The molecular formula is C12H7F5N2. The summed E-state index contributed by atoms with van der Waals surface area (Å²) in [7, 11) is 0. The van der Waals surface area contributed by atoms with Gasteiger partial charge >= 0.3 is 0 Å². The number of anilines is 1. The van der Waals surface area contributed by atoms with Crippen LogP contribution in [0.25, 0.3) is 11.1 Å². The Morgan fingerprint density at radius 1 is 0.842 bits per heavy atom. The molecular weight excluding hydrogens is 267 g/mol. The second-order valence-corrected chi connectivity index (χ2v) is 3.87. The van der Waals surface area contributed by atoms with Crippen molar-refractivity contribution >= 4 is 5.82 Å². The highest BCUT2D eigenvalue weighted by molar-refractivity contribution is 5.68. The second-order valence-electron chi connectivity index (χ2n) is 3.87. The van der Waals surface area contributed by atoms with Crippen LogP contribution in [0.5, 0.6) is 0 Å². The normalized spacial score (nSPS) is 10.8. The van der Waals surface area contributed by atoms with Crippen LogP contribution in [0.1, 0.15) is 5.69 Å². The van der Waals surface area contributed by atoms with Gasteiger partial charge in [0, 0.05) is 5.69 Å². The fourth-order valence-corrected chi connectivity index (χ4v) is 1.70. The Balaban J connectivity index is 2.82. The molecule has 1 heterocycles. The zero-order valence-electron chi connectivity index (χ0n) is 9.57. The van der Waals surface area contributed by atoms with Gasteiger partial charge in [0.1, 0.15) is 5.82 Å². The van der Waals surface area contributed by atoms with Crippen molar-refractivity contribution < 1.29 is 22.0 Å². The number of aryl methyl sites for hydroxylation is 1. The summed E-state index contributed by atoms with van der Waals surface area (Å²) in [6.45, 7) is 1.48. The zero-order valence-corrected chi connectivity index (χ0v) is 9.57. The number of aromatic nitrogens is 1. The average molecular weight is 274 g/mol. The van der Waals surface area contributed by atoms with Crippen LogP contribution in [0, 0.1) is 36.0 Å². The first-order chi connectivity index (χ1) is 8.82. The Morgan fingerprint density at radius 3 is 1.79 bits per heavy atom. The van der Waals surface area contributed by atoms with Crippen molar-refractivity contribution in [2.24, 2.45) is 0 Å². The number of pyridine rings is 1. The predicted molar refractivity (Wildman–Crippen MR) is 58.6 cm³/mol. The molecule has 0 atom stereocenters. The van der Waals surface area contributed by atoms with Crippen molar-refractivity contribution in [3.63, 3.8) is 0 Å². The van der Waals surface area contributed by atoms with Crippen molar-refractivity contribution in [2.45, 2.75) is 6.92 Å². The second kappa shape index (κ2) is 4.49. The summed E-state index contributed by atoms with van der Waals surface area (Å²) in [5, 5.41) is 0. The van der Waals surface area contributed by atoms with Crippen LogP contribution >= 0.6 is 0 Å². The molecule has 0 saturated heterocycles. The van der Waals surface area contributed by atoms with Gasteiger partial charge < -0.3 is 5.73 Å². The average Bonchev–Trinajstić information content (AvgIpc) is 2.33. The van der Waals surface area contributed by atoms with Crippen LogP contribution in [0.3, 0.4) is 0 Å². The van der Waals surface area contributed by atoms with Crippen molar-refractivity contribution in [3.8, 4) is 11.1 Å². The standard InChI is InChI=1S/C12H7F5N2/c1-4-2-5(3-6(18)19-4)7-8(13)10(15)12(17)11(16)9(7)14/h2-3H,1H3,(H2,18,19). The molecule has 0 spiro atoms. The van der Waals surface area contributed by atoms with E-state index < -0.39 is 34.6 Å². The van der Waals surface area contributed by atoms with Crippen LogP contribution in [-0.2, 0) is 0 Å². The quantitative estimate of drug-likeness (QED) is 0.492. The summed E-state index contributed by atoms with van der Waals surface area (Å²) >= 11 is 0. The molecule has 100 valence electrons. The summed E-state index contributed by atoms with van der Waals surface area (Å²) < 4.78 is 66.2. The number of benzene rings is 1. The maximum Gasteiger partial charge on any atom is 0.200 e. The molecule has 2 aromatic rings. The van der Waals surface area contributed by atoms with E-state index in [0.29, 0.717) is 5.69 Å². The first kappa shape index (κ1) is 13.3. The van der Waals surface area contributed by atoms with E-state index in [1.165, 1.54) is 13.0 Å². The highest BCUT2D eigenvalue weighted by atomic mass is 19.2. The third-order valence-electron chi connectivity index (χ3n) is 2.47. The summed E-state index contributed by atoms with van der Waals surface area (Å²) in [4.78, 5) is 3.75. The SMILES string of the molecule is Cc1cc(-c2c(F)c(F)c(F)c(F)c2F)cc(N)n1. The molecule has 0 radical (unpaired) electrons. The van der Waals surface area contributed by atoms with Crippen LogP contribution in [0.4, 0.5) is 27.8 Å². The number of nitrogens with zero attached hydrogens (tertiary/aromatic N) is 1. The van der Waals surface area contributed by atoms with Gasteiger partial charge in [-0.05, 0) is 24.6 Å². The van der Waals surface area contributed by atoms with E-state index in [4.69, 9.17) is 5.73 Å². The fraction of sp³-hybridized carbons (Fsp3) is 0.0833. The van der Waals surface area contributed by atoms with Gasteiger partial charge in [-0.25, -0.2) is 26.9 Å². The summed E-state index contributed by atoms with van der Waals surface area (Å²) in [6, 6.07) is 2.21. The van der Waals surface area contributed by atoms with Gasteiger partial charge in [0.2, 0.25) is 5.82 Å². The van der Waals surface area contributed by atoms with E-state index >= 15 is 0 Å². The third kappa shape index (κ3) is 2.11. The van der Waals surface area contributed by atoms with Gasteiger partial charge in [-0.15, -0.1) is 0 Å². The lowest BCUT2D eigenvalue weighted by Crippen LogP contribution is -2.05. The number of halogens is 5. The maximum absolute atomic E-state index is 13.6. The lowest BCUT2D eigenvalue weighted by molar-refractivity contribution is 0.381. The Labute approximate surface area is 104 Å². The number of hydrogen-bond donors (Lipinski definition) is 1. The van der Waals surface area contributed by atoms with Crippen molar-refractivity contribution in [2.75, 3.05) is 5.73 Å². The predicted octanol–water partition coefficient (Wildman–Crippen LogP) is 3.33. The molecule has 2 N–H and O–H groups in total. The monoisotopic (exact) mass is 274 g/mol. The lowest BCUT2D eigenvalue weighted by atomic mass is 10.0. The summed E-state index contributed by atoms with van der Waals surface area (Å²) in [5.74, 6) is -10.1. The molecule has 0 amide bonds. The largest absolute Gasteiger partial charge is 0.384 e. The van der Waals surface area contributed by atoms with Crippen molar-refractivity contribution in [1.82, 2.24) is 4.98 Å². The minimum atomic E-state index is -2.20. The van der Waals surface area contributed by atoms with Crippen LogP contribution < -0.4 is 5.73 Å². The molecule has 0 saturated carbocycles. The minimum absolute atomic E-state index is 0.0843. The van der Waals surface area contributed by atoms with Crippen molar-refractivity contribution in [1.29, 1.82) is 0 Å². The number of nitrogens with two attached hydrogens (primary N) is 1. The molecule has 0 aliphatic heterocycles. The van der Waals surface area contributed by atoms with Gasteiger partial charge in [-0.3, -0.25) is 0 Å². The molecule has 7 heteroatoms. The van der Waals surface area contributed by atoms with E-state index in [9.17, 15) is 22.0 Å². The van der Waals surface area contributed by atoms with Crippen LogP contribution in [-0.4, -0.2) is 4.98 Å². The Bertz CT molecular complexity index is 620. The zero-order chi connectivity index (χ0) is 14.3. The Morgan fingerprint density at radius 2 is 1.32 bits per heavy atom. The smallest absolute Gasteiger partial charge is 0.200 e. The molecule has 0 bridgehead atoms. The first-order valence-corrected chi connectivity index (χ1v) is 5.09. The molecule has 19 heavy (non-hydrogen) atoms. The molecule has 0 unspecified atom stereocenters. The molecule has 2 nitrogen and oxygen atoms in total. The summed E-state index contributed by atoms with van der Waals surface area (Å²) in [5.41, 5.74) is 4.43. The number of rotatable bonds is 1. The number of nitrogen functional groups attached to an aromatic ring is 1. The van der Waals surface area contributed by atoms with Crippen LogP contribution in [0.15, 0.2) is 12.1 Å². The van der Waals surface area contributed by atoms with E-state index in [1.807, 2.05) is 0 Å². The highest BCUT2D eigenvalue weighted by Crippen LogP contribution is 2.32. The highest BCUT2D eigenvalue weighted by Gasteiger charge is 2.26. The summed E-state index contributed by atoms with van der Waals surface area (Å²) in [6.07, 6.45) is 0. The Kier molecular flexibility index (Phi) is 3.13. The first-order valence-electron chi connectivity index (χ1n) is 5.09. The molecule has 0 aliphatic rings. The van der Waals surface area contributed by atoms with Gasteiger partial charge in [-0.2, -0.15) is 0 Å². The topological polar surface area (TPSA) is 38.9 Å². The fourth-order valence-electron chi connectivity index (χ4n) is 1.70. The lowest BCUT2D eigenvalue weighted by Gasteiger charge is -2.09. The molecule has 1 aromatic carbocycles. The molecule has 1 aromatic heterocycles. The molecule has 0 aliphatic carbocycles. The van der Waals surface area contributed by atoms with Gasteiger partial charge in [-0.1, -0.05) is 0 Å². The van der Waals surface area contributed by atoms with E-state index in [1.54, 1.807) is 0 Å². The number of hydrogen-bond acceptors (Lipinski definition) is 2. The molecule has 0 fully saturated rings. The van der Waals surface area contributed by atoms with E-state index in [2.05, 4.69) is 4.98 Å².